The van der Waals surface area contributed by atoms with Gasteiger partial charge in [-0.25, -0.2) is 0 Å². The molecule has 3 aromatic rings. The second-order valence-electron chi connectivity index (χ2n) is 8.66. The van der Waals surface area contributed by atoms with Crippen molar-refractivity contribution >= 4 is 16.5 Å². The van der Waals surface area contributed by atoms with Crippen LogP contribution in [0.1, 0.15) is 37.5 Å². The topological polar surface area (TPSA) is 49.4 Å². The molecule has 0 saturated heterocycles. The van der Waals surface area contributed by atoms with Gasteiger partial charge in [-0.3, -0.25) is 0 Å². The first-order valence-corrected chi connectivity index (χ1v) is 11.2. The molecule has 0 radical (unpaired) electrons. The standard InChI is InChI=1S/C26H27NO5/c1-27-24-18(9-8-15-12-21-22(13-19(15)24)31-14-30-21)17-10-11-20(28-2)25(29-3)23(17)26(27)32-16-6-4-5-7-16/h8-13,16,26H,4-7,14H2,1-3H3. The lowest BCUT2D eigenvalue weighted by Crippen LogP contribution is -2.33. The summed E-state index contributed by atoms with van der Waals surface area (Å²) in [5.74, 6) is 3.02. The van der Waals surface area contributed by atoms with Crippen molar-refractivity contribution in [2.45, 2.75) is 38.0 Å². The molecule has 1 fully saturated rings. The summed E-state index contributed by atoms with van der Waals surface area (Å²) >= 11 is 0. The summed E-state index contributed by atoms with van der Waals surface area (Å²) in [5, 5.41) is 2.23. The predicted octanol–water partition coefficient (Wildman–Crippen LogP) is 5.66. The van der Waals surface area contributed by atoms with Crippen molar-refractivity contribution in [2.24, 2.45) is 0 Å². The van der Waals surface area contributed by atoms with Crippen LogP contribution in [0.3, 0.4) is 0 Å². The number of fused-ring (bicyclic) bond motifs is 6. The van der Waals surface area contributed by atoms with Gasteiger partial charge in [0.1, 0.15) is 0 Å². The van der Waals surface area contributed by atoms with Gasteiger partial charge in [0.15, 0.2) is 29.2 Å². The van der Waals surface area contributed by atoms with Crippen LogP contribution in [0.4, 0.5) is 5.69 Å². The maximum Gasteiger partial charge on any atom is 0.231 e. The number of hydrogen-bond donors (Lipinski definition) is 0. The molecule has 3 aromatic carbocycles. The minimum atomic E-state index is -0.276. The van der Waals surface area contributed by atoms with Crippen molar-refractivity contribution in [2.75, 3.05) is 33.0 Å². The van der Waals surface area contributed by atoms with Crippen molar-refractivity contribution in [1.29, 1.82) is 0 Å². The molecule has 32 heavy (non-hydrogen) atoms. The number of hydrogen-bond acceptors (Lipinski definition) is 6. The Labute approximate surface area is 187 Å². The van der Waals surface area contributed by atoms with Crippen molar-refractivity contribution in [3.63, 3.8) is 0 Å². The zero-order valence-electron chi connectivity index (χ0n) is 18.6. The fourth-order valence-electron chi connectivity index (χ4n) is 5.40. The molecule has 0 aromatic heterocycles. The molecule has 0 N–H and O–H groups in total. The molecule has 166 valence electrons. The van der Waals surface area contributed by atoms with Gasteiger partial charge in [-0.1, -0.05) is 25.0 Å². The van der Waals surface area contributed by atoms with Crippen molar-refractivity contribution in [3.8, 4) is 34.1 Å². The molecule has 1 atom stereocenters. The van der Waals surface area contributed by atoms with Crippen molar-refractivity contribution < 1.29 is 23.7 Å². The SMILES string of the molecule is COc1ccc2c(c1OC)C(OC1CCCC1)N(C)c1c-2ccc2cc3c(cc12)OCO3. The first-order chi connectivity index (χ1) is 15.7. The predicted molar refractivity (Wildman–Crippen MR) is 123 cm³/mol. The molecule has 6 nitrogen and oxygen atoms in total. The van der Waals surface area contributed by atoms with Crippen LogP contribution in [-0.2, 0) is 4.74 Å². The molecule has 2 aliphatic heterocycles. The Kier molecular flexibility index (Phi) is 4.57. The summed E-state index contributed by atoms with van der Waals surface area (Å²) in [4.78, 5) is 2.24. The highest BCUT2D eigenvalue weighted by Gasteiger charge is 2.37. The van der Waals surface area contributed by atoms with E-state index < -0.39 is 0 Å². The smallest absolute Gasteiger partial charge is 0.231 e. The highest BCUT2D eigenvalue weighted by molar-refractivity contribution is 6.05. The second-order valence-corrected chi connectivity index (χ2v) is 8.66. The summed E-state index contributed by atoms with van der Waals surface area (Å²) < 4.78 is 29.6. The molecular formula is C26H27NO5. The Morgan fingerprint density at radius 2 is 1.66 bits per heavy atom. The number of ether oxygens (including phenoxy) is 5. The van der Waals surface area contributed by atoms with E-state index in [1.54, 1.807) is 14.2 Å². The van der Waals surface area contributed by atoms with Crippen LogP contribution >= 0.6 is 0 Å². The Hall–Kier alpha value is -3.12. The average Bonchev–Trinajstić information content (AvgIpc) is 3.50. The zero-order chi connectivity index (χ0) is 21.8. The quantitative estimate of drug-likeness (QED) is 0.529. The largest absolute Gasteiger partial charge is 0.493 e. The van der Waals surface area contributed by atoms with Gasteiger partial charge in [-0.05, 0) is 48.1 Å². The van der Waals surface area contributed by atoms with Gasteiger partial charge in [0, 0.05) is 18.0 Å². The Morgan fingerprint density at radius 1 is 0.906 bits per heavy atom. The van der Waals surface area contributed by atoms with Crippen LogP contribution in [0.5, 0.6) is 23.0 Å². The molecule has 2 heterocycles. The summed E-state index contributed by atoms with van der Waals surface area (Å²) in [6.07, 6.45) is 4.57. The van der Waals surface area contributed by atoms with E-state index >= 15 is 0 Å². The lowest BCUT2D eigenvalue weighted by Gasteiger charge is -2.40. The summed E-state index contributed by atoms with van der Waals surface area (Å²) in [6, 6.07) is 12.6. The minimum Gasteiger partial charge on any atom is -0.493 e. The van der Waals surface area contributed by atoms with Crippen LogP contribution in [0, 0.1) is 0 Å². The highest BCUT2D eigenvalue weighted by atomic mass is 16.7. The molecule has 1 aliphatic carbocycles. The van der Waals surface area contributed by atoms with Gasteiger partial charge in [-0.15, -0.1) is 0 Å². The lowest BCUT2D eigenvalue weighted by molar-refractivity contribution is -0.00999. The van der Waals surface area contributed by atoms with Gasteiger partial charge in [-0.2, -0.15) is 0 Å². The first-order valence-electron chi connectivity index (χ1n) is 11.2. The van der Waals surface area contributed by atoms with Gasteiger partial charge in [0.25, 0.3) is 0 Å². The van der Waals surface area contributed by atoms with E-state index in [4.69, 9.17) is 23.7 Å². The third-order valence-corrected chi connectivity index (χ3v) is 6.93. The van der Waals surface area contributed by atoms with E-state index in [-0.39, 0.29) is 19.1 Å². The summed E-state index contributed by atoms with van der Waals surface area (Å²) in [6.45, 7) is 0.261. The lowest BCUT2D eigenvalue weighted by atomic mass is 9.88. The van der Waals surface area contributed by atoms with Gasteiger partial charge in [0.2, 0.25) is 6.79 Å². The molecule has 0 amide bonds. The molecule has 6 heteroatoms. The van der Waals surface area contributed by atoms with Crippen LogP contribution in [0.25, 0.3) is 21.9 Å². The Balaban J connectivity index is 1.60. The van der Waals surface area contributed by atoms with E-state index in [1.165, 1.54) is 12.8 Å². The monoisotopic (exact) mass is 433 g/mol. The number of benzene rings is 3. The number of nitrogens with zero attached hydrogens (tertiary/aromatic N) is 1. The number of methoxy groups -OCH3 is 2. The molecular weight excluding hydrogens is 406 g/mol. The fourth-order valence-corrected chi connectivity index (χ4v) is 5.40. The third-order valence-electron chi connectivity index (χ3n) is 6.93. The van der Waals surface area contributed by atoms with Gasteiger partial charge in [0.05, 0.1) is 31.6 Å². The Bertz CT molecular complexity index is 1200. The molecule has 0 bridgehead atoms. The second kappa shape index (κ2) is 7.48. The maximum atomic E-state index is 6.77. The van der Waals surface area contributed by atoms with E-state index in [9.17, 15) is 0 Å². The van der Waals surface area contributed by atoms with E-state index in [1.807, 2.05) is 6.07 Å². The Morgan fingerprint density at radius 3 is 2.41 bits per heavy atom. The van der Waals surface area contributed by atoms with Gasteiger partial charge >= 0.3 is 0 Å². The maximum absolute atomic E-state index is 6.77. The van der Waals surface area contributed by atoms with Gasteiger partial charge < -0.3 is 28.6 Å². The molecule has 1 saturated carbocycles. The normalized spacial score (nSPS) is 19.2. The minimum absolute atomic E-state index is 0.240. The average molecular weight is 434 g/mol. The number of rotatable bonds is 4. The van der Waals surface area contributed by atoms with Crippen molar-refractivity contribution in [1.82, 2.24) is 0 Å². The first kappa shape index (κ1) is 19.6. The molecule has 3 aliphatic rings. The third kappa shape index (κ3) is 2.82. The number of anilines is 1. The zero-order valence-corrected chi connectivity index (χ0v) is 18.6. The van der Waals surface area contributed by atoms with Crippen LogP contribution in [0.15, 0.2) is 36.4 Å². The van der Waals surface area contributed by atoms with Crippen LogP contribution < -0.4 is 23.8 Å². The van der Waals surface area contributed by atoms with Crippen molar-refractivity contribution in [3.05, 3.63) is 42.0 Å². The summed E-state index contributed by atoms with van der Waals surface area (Å²) in [7, 11) is 5.47. The van der Waals surface area contributed by atoms with E-state index in [0.29, 0.717) is 5.75 Å². The molecule has 1 unspecified atom stereocenters. The van der Waals surface area contributed by atoms with E-state index in [0.717, 1.165) is 63.2 Å². The molecule has 0 spiro atoms. The summed E-state index contributed by atoms with van der Waals surface area (Å²) in [5.41, 5.74) is 4.40. The van der Waals surface area contributed by atoms with Crippen LogP contribution in [0.2, 0.25) is 0 Å². The fraction of sp³-hybridized carbons (Fsp3) is 0.385. The van der Waals surface area contributed by atoms with E-state index in [2.05, 4.69) is 42.3 Å². The highest BCUT2D eigenvalue weighted by Crippen LogP contribution is 2.54. The van der Waals surface area contributed by atoms with Crippen LogP contribution in [-0.4, -0.2) is 34.2 Å². The molecule has 6 rings (SSSR count).